The smallest absolute Gasteiger partial charge is 0.164 e. The molecule has 0 aliphatic carbocycles. The molecule has 0 fully saturated rings. The average molecular weight is 260 g/mol. The zero-order valence-electron chi connectivity index (χ0n) is 11.4. The minimum atomic E-state index is 0.279. The first-order valence-electron chi connectivity index (χ1n) is 6.50. The molecule has 19 heavy (non-hydrogen) atoms. The van der Waals surface area contributed by atoms with Crippen molar-refractivity contribution in [2.24, 2.45) is 5.92 Å². The van der Waals surface area contributed by atoms with Gasteiger partial charge in [-0.1, -0.05) is 26.0 Å². The van der Waals surface area contributed by atoms with Crippen molar-refractivity contribution in [2.75, 3.05) is 6.54 Å². The van der Waals surface area contributed by atoms with Gasteiger partial charge in [0.25, 0.3) is 0 Å². The summed E-state index contributed by atoms with van der Waals surface area (Å²) in [5.74, 6) is 1.71. The first-order chi connectivity index (χ1) is 9.13. The lowest BCUT2D eigenvalue weighted by atomic mass is 10.2. The van der Waals surface area contributed by atoms with Crippen LogP contribution in [0.1, 0.15) is 25.2 Å². The van der Waals surface area contributed by atoms with Gasteiger partial charge in [0.15, 0.2) is 5.82 Å². The standard InChI is InChI=1S/C14H20N4O/c1-11(2)7-15-8-14-16-10-18(17-14)9-12-3-5-13(19)6-4-12/h3-6,10-11,15,19H,7-9H2,1-2H3. The number of hydrogen-bond donors (Lipinski definition) is 2. The molecule has 0 aliphatic heterocycles. The minimum absolute atomic E-state index is 0.279. The Kier molecular flexibility index (Phi) is 4.52. The summed E-state index contributed by atoms with van der Waals surface area (Å²) in [4.78, 5) is 4.27. The molecular formula is C14H20N4O. The maximum Gasteiger partial charge on any atom is 0.164 e. The van der Waals surface area contributed by atoms with E-state index in [9.17, 15) is 5.11 Å². The van der Waals surface area contributed by atoms with E-state index in [4.69, 9.17) is 0 Å². The van der Waals surface area contributed by atoms with E-state index in [-0.39, 0.29) is 5.75 Å². The van der Waals surface area contributed by atoms with Crippen LogP contribution in [-0.4, -0.2) is 26.4 Å². The summed E-state index contributed by atoms with van der Waals surface area (Å²) >= 11 is 0. The Morgan fingerprint density at radius 1 is 1.26 bits per heavy atom. The van der Waals surface area contributed by atoms with Crippen LogP contribution in [0.4, 0.5) is 0 Å². The number of benzene rings is 1. The monoisotopic (exact) mass is 260 g/mol. The quantitative estimate of drug-likeness (QED) is 0.831. The number of hydrogen-bond acceptors (Lipinski definition) is 4. The molecule has 2 N–H and O–H groups in total. The summed E-state index contributed by atoms with van der Waals surface area (Å²) in [7, 11) is 0. The van der Waals surface area contributed by atoms with Crippen LogP contribution >= 0.6 is 0 Å². The Morgan fingerprint density at radius 2 is 2.00 bits per heavy atom. The summed E-state index contributed by atoms with van der Waals surface area (Å²) in [6.45, 7) is 6.67. The van der Waals surface area contributed by atoms with E-state index >= 15 is 0 Å². The van der Waals surface area contributed by atoms with Crippen molar-refractivity contribution in [1.29, 1.82) is 0 Å². The molecule has 5 nitrogen and oxygen atoms in total. The topological polar surface area (TPSA) is 63.0 Å². The molecule has 5 heteroatoms. The van der Waals surface area contributed by atoms with Gasteiger partial charge in [-0.2, -0.15) is 5.10 Å². The number of rotatable bonds is 6. The lowest BCUT2D eigenvalue weighted by molar-refractivity contribution is 0.475. The summed E-state index contributed by atoms with van der Waals surface area (Å²) in [5.41, 5.74) is 1.09. The molecule has 0 amide bonds. The Labute approximate surface area is 113 Å². The van der Waals surface area contributed by atoms with Gasteiger partial charge in [0.1, 0.15) is 12.1 Å². The van der Waals surface area contributed by atoms with Gasteiger partial charge in [0.05, 0.1) is 13.1 Å². The van der Waals surface area contributed by atoms with E-state index in [2.05, 4.69) is 29.2 Å². The average Bonchev–Trinajstić information content (AvgIpc) is 2.79. The number of phenols is 1. The molecule has 2 aromatic rings. The molecule has 0 radical (unpaired) electrons. The van der Waals surface area contributed by atoms with Crippen molar-refractivity contribution in [2.45, 2.75) is 26.9 Å². The number of aromatic hydroxyl groups is 1. The van der Waals surface area contributed by atoms with Gasteiger partial charge in [0.2, 0.25) is 0 Å². The molecule has 1 aromatic carbocycles. The molecule has 0 spiro atoms. The third kappa shape index (κ3) is 4.37. The van der Waals surface area contributed by atoms with Crippen LogP contribution in [0.3, 0.4) is 0 Å². The third-order valence-electron chi connectivity index (χ3n) is 2.70. The Hall–Kier alpha value is -1.88. The molecule has 0 saturated carbocycles. The van der Waals surface area contributed by atoms with Crippen molar-refractivity contribution in [3.63, 3.8) is 0 Å². The fourth-order valence-electron chi connectivity index (χ4n) is 1.75. The SMILES string of the molecule is CC(C)CNCc1ncn(Cc2ccc(O)cc2)n1. The predicted molar refractivity (Wildman–Crippen MR) is 73.8 cm³/mol. The number of nitrogens with one attached hydrogen (secondary N) is 1. The number of phenolic OH excluding ortho intramolecular Hbond substituents is 1. The van der Waals surface area contributed by atoms with Crippen molar-refractivity contribution in [3.8, 4) is 5.75 Å². The van der Waals surface area contributed by atoms with Gasteiger partial charge >= 0.3 is 0 Å². The van der Waals surface area contributed by atoms with Gasteiger partial charge in [-0.15, -0.1) is 0 Å². The lowest BCUT2D eigenvalue weighted by Gasteiger charge is -2.04. The molecule has 1 aromatic heterocycles. The molecule has 0 atom stereocenters. The summed E-state index contributed by atoms with van der Waals surface area (Å²) in [5, 5.41) is 16.9. The summed E-state index contributed by atoms with van der Waals surface area (Å²) in [6.07, 6.45) is 1.74. The van der Waals surface area contributed by atoms with Gasteiger partial charge in [-0.3, -0.25) is 0 Å². The van der Waals surface area contributed by atoms with E-state index in [1.54, 1.807) is 23.1 Å². The first kappa shape index (κ1) is 13.5. The van der Waals surface area contributed by atoms with E-state index in [1.165, 1.54) is 0 Å². The second-order valence-electron chi connectivity index (χ2n) is 5.05. The molecule has 102 valence electrons. The van der Waals surface area contributed by atoms with Crippen LogP contribution in [-0.2, 0) is 13.1 Å². The fourth-order valence-corrected chi connectivity index (χ4v) is 1.75. The van der Waals surface area contributed by atoms with Gasteiger partial charge in [-0.05, 0) is 30.2 Å². The van der Waals surface area contributed by atoms with Crippen molar-refractivity contribution in [1.82, 2.24) is 20.1 Å². The molecule has 0 saturated heterocycles. The zero-order chi connectivity index (χ0) is 13.7. The molecule has 2 rings (SSSR count). The predicted octanol–water partition coefficient (Wildman–Crippen LogP) is 1.78. The van der Waals surface area contributed by atoms with Crippen LogP contribution in [0.25, 0.3) is 0 Å². The highest BCUT2D eigenvalue weighted by Crippen LogP contribution is 2.10. The summed E-state index contributed by atoms with van der Waals surface area (Å²) < 4.78 is 1.80. The van der Waals surface area contributed by atoms with Gasteiger partial charge < -0.3 is 10.4 Å². The van der Waals surface area contributed by atoms with Crippen molar-refractivity contribution >= 4 is 0 Å². The normalized spacial score (nSPS) is 11.1. The van der Waals surface area contributed by atoms with Crippen LogP contribution < -0.4 is 5.32 Å². The van der Waals surface area contributed by atoms with Crippen LogP contribution in [0.5, 0.6) is 5.75 Å². The zero-order valence-corrected chi connectivity index (χ0v) is 11.4. The molecule has 0 bridgehead atoms. The minimum Gasteiger partial charge on any atom is -0.508 e. The second-order valence-corrected chi connectivity index (χ2v) is 5.05. The maximum absolute atomic E-state index is 9.23. The first-order valence-corrected chi connectivity index (χ1v) is 6.50. The number of aromatic nitrogens is 3. The molecule has 1 heterocycles. The Morgan fingerprint density at radius 3 is 2.68 bits per heavy atom. The second kappa shape index (κ2) is 6.33. The largest absolute Gasteiger partial charge is 0.508 e. The van der Waals surface area contributed by atoms with Crippen LogP contribution in [0.15, 0.2) is 30.6 Å². The van der Waals surface area contributed by atoms with E-state index in [1.807, 2.05) is 12.1 Å². The summed E-state index contributed by atoms with van der Waals surface area (Å²) in [6, 6.07) is 7.12. The van der Waals surface area contributed by atoms with E-state index in [0.717, 1.165) is 17.9 Å². The van der Waals surface area contributed by atoms with Crippen molar-refractivity contribution < 1.29 is 5.11 Å². The maximum atomic E-state index is 9.23. The Bertz CT molecular complexity index is 504. The Balaban J connectivity index is 1.88. The highest BCUT2D eigenvalue weighted by atomic mass is 16.3. The van der Waals surface area contributed by atoms with E-state index in [0.29, 0.717) is 19.0 Å². The number of nitrogens with zero attached hydrogens (tertiary/aromatic N) is 3. The lowest BCUT2D eigenvalue weighted by Crippen LogP contribution is -2.19. The highest BCUT2D eigenvalue weighted by molar-refractivity contribution is 5.25. The fraction of sp³-hybridized carbons (Fsp3) is 0.429. The third-order valence-corrected chi connectivity index (χ3v) is 2.70. The van der Waals surface area contributed by atoms with Crippen LogP contribution in [0, 0.1) is 5.92 Å². The van der Waals surface area contributed by atoms with Gasteiger partial charge in [0, 0.05) is 0 Å². The molecule has 0 aliphatic rings. The van der Waals surface area contributed by atoms with Crippen LogP contribution in [0.2, 0.25) is 0 Å². The molecular weight excluding hydrogens is 240 g/mol. The van der Waals surface area contributed by atoms with Crippen molar-refractivity contribution in [3.05, 3.63) is 42.0 Å². The van der Waals surface area contributed by atoms with E-state index < -0.39 is 0 Å². The highest BCUT2D eigenvalue weighted by Gasteiger charge is 2.02. The molecule has 0 unspecified atom stereocenters. The van der Waals surface area contributed by atoms with Gasteiger partial charge in [-0.25, -0.2) is 9.67 Å².